The van der Waals surface area contributed by atoms with Crippen LogP contribution in [0.25, 0.3) is 0 Å². The molecular weight excluding hydrogens is 188 g/mol. The predicted molar refractivity (Wildman–Crippen MR) is 48.4 cm³/mol. The Morgan fingerprint density at radius 2 is 1.43 bits per heavy atom. The van der Waals surface area contributed by atoms with Crippen LogP contribution in [0.5, 0.6) is 0 Å². The maximum Gasteiger partial charge on any atom is 0.404 e. The second-order valence-corrected chi connectivity index (χ2v) is 3.46. The van der Waals surface area contributed by atoms with Crippen molar-refractivity contribution in [2.45, 2.75) is 37.8 Å². The number of carbonyl (C=O) groups is 2. The van der Waals surface area contributed by atoms with Gasteiger partial charge in [0.15, 0.2) is 0 Å². The monoisotopic (exact) mass is 202 g/mol. The molecule has 6 nitrogen and oxygen atoms in total. The van der Waals surface area contributed by atoms with E-state index >= 15 is 0 Å². The topological polar surface area (TPSA) is 98.7 Å². The van der Waals surface area contributed by atoms with Crippen molar-refractivity contribution in [2.24, 2.45) is 0 Å². The van der Waals surface area contributed by atoms with Gasteiger partial charge in [-0.05, 0) is 25.7 Å². The molecule has 0 unspecified atom stereocenters. The van der Waals surface area contributed by atoms with E-state index in [9.17, 15) is 9.59 Å². The molecule has 1 aliphatic carbocycles. The van der Waals surface area contributed by atoms with Gasteiger partial charge < -0.3 is 20.8 Å². The number of hydrogen-bond acceptors (Lipinski definition) is 2. The van der Waals surface area contributed by atoms with Crippen LogP contribution in [-0.2, 0) is 0 Å². The Labute approximate surface area is 81.3 Å². The van der Waals surface area contributed by atoms with Gasteiger partial charge >= 0.3 is 12.2 Å². The van der Waals surface area contributed by atoms with Gasteiger partial charge in [-0.3, -0.25) is 0 Å². The molecule has 1 rings (SSSR count). The fraction of sp³-hybridized carbons (Fsp3) is 0.750. The summed E-state index contributed by atoms with van der Waals surface area (Å²) >= 11 is 0. The van der Waals surface area contributed by atoms with E-state index in [4.69, 9.17) is 10.2 Å². The zero-order chi connectivity index (χ0) is 10.6. The van der Waals surface area contributed by atoms with Crippen molar-refractivity contribution in [2.75, 3.05) is 0 Å². The van der Waals surface area contributed by atoms with Crippen LogP contribution in [0.4, 0.5) is 9.59 Å². The molecule has 0 bridgehead atoms. The number of hydrogen-bond donors (Lipinski definition) is 4. The summed E-state index contributed by atoms with van der Waals surface area (Å²) in [5.41, 5.74) is 0. The van der Waals surface area contributed by atoms with Crippen LogP contribution >= 0.6 is 0 Å². The van der Waals surface area contributed by atoms with Crippen molar-refractivity contribution in [3.05, 3.63) is 0 Å². The first-order valence-electron chi connectivity index (χ1n) is 4.57. The summed E-state index contributed by atoms with van der Waals surface area (Å²) in [5, 5.41) is 21.7. The van der Waals surface area contributed by atoms with E-state index in [2.05, 4.69) is 10.6 Å². The molecule has 1 aliphatic rings. The molecule has 2 atom stereocenters. The van der Waals surface area contributed by atoms with Gasteiger partial charge in [-0.25, -0.2) is 9.59 Å². The first kappa shape index (κ1) is 10.6. The Bertz CT molecular complexity index is 209. The van der Waals surface area contributed by atoms with Gasteiger partial charge in [-0.15, -0.1) is 0 Å². The van der Waals surface area contributed by atoms with Gasteiger partial charge in [0.1, 0.15) is 0 Å². The first-order valence-corrected chi connectivity index (χ1v) is 4.57. The van der Waals surface area contributed by atoms with Crippen LogP contribution in [0.2, 0.25) is 0 Å². The van der Waals surface area contributed by atoms with Crippen LogP contribution in [0.1, 0.15) is 25.7 Å². The van der Waals surface area contributed by atoms with Crippen LogP contribution in [0, 0.1) is 0 Å². The largest absolute Gasteiger partial charge is 0.465 e. The van der Waals surface area contributed by atoms with E-state index in [0.717, 1.165) is 19.3 Å². The van der Waals surface area contributed by atoms with Gasteiger partial charge in [-0.1, -0.05) is 0 Å². The first-order chi connectivity index (χ1) is 6.58. The highest BCUT2D eigenvalue weighted by molar-refractivity contribution is 5.65. The Morgan fingerprint density at radius 1 is 1.00 bits per heavy atom. The lowest BCUT2D eigenvalue weighted by molar-refractivity contribution is 0.176. The Morgan fingerprint density at radius 3 is 1.79 bits per heavy atom. The average molecular weight is 202 g/mol. The van der Waals surface area contributed by atoms with Crippen molar-refractivity contribution >= 4 is 12.2 Å². The minimum absolute atomic E-state index is 0.127. The number of rotatable bonds is 2. The van der Waals surface area contributed by atoms with Crippen molar-refractivity contribution in [1.82, 2.24) is 10.6 Å². The molecule has 0 aliphatic heterocycles. The molecule has 0 spiro atoms. The van der Waals surface area contributed by atoms with Crippen molar-refractivity contribution in [1.29, 1.82) is 0 Å². The summed E-state index contributed by atoms with van der Waals surface area (Å²) in [6.07, 6.45) is 0.847. The van der Waals surface area contributed by atoms with E-state index in [1.807, 2.05) is 0 Å². The van der Waals surface area contributed by atoms with Crippen LogP contribution in [0.3, 0.4) is 0 Å². The predicted octanol–water partition coefficient (Wildman–Crippen LogP) is 0.833. The summed E-state index contributed by atoms with van der Waals surface area (Å²) < 4.78 is 0. The molecule has 0 aromatic carbocycles. The van der Waals surface area contributed by atoms with Gasteiger partial charge in [0.25, 0.3) is 0 Å². The third-order valence-corrected chi connectivity index (χ3v) is 2.33. The van der Waals surface area contributed by atoms with Gasteiger partial charge in [0.2, 0.25) is 0 Å². The van der Waals surface area contributed by atoms with Gasteiger partial charge in [-0.2, -0.15) is 0 Å². The second kappa shape index (κ2) is 4.69. The van der Waals surface area contributed by atoms with E-state index in [-0.39, 0.29) is 12.1 Å². The highest BCUT2D eigenvalue weighted by Crippen LogP contribution is 2.18. The Kier molecular flexibility index (Phi) is 3.55. The molecule has 0 aromatic rings. The number of amides is 2. The molecule has 0 aromatic heterocycles. The summed E-state index contributed by atoms with van der Waals surface area (Å²) in [6, 6.07) is -0.254. The molecule has 1 saturated carbocycles. The number of carboxylic acid groups (broad SMARTS) is 2. The molecule has 14 heavy (non-hydrogen) atoms. The fourth-order valence-electron chi connectivity index (χ4n) is 1.80. The molecular formula is C8H14N2O4. The normalized spacial score (nSPS) is 26.6. The van der Waals surface area contributed by atoms with E-state index in [1.165, 1.54) is 0 Å². The molecule has 0 saturated heterocycles. The summed E-state index contributed by atoms with van der Waals surface area (Å²) in [4.78, 5) is 20.7. The fourth-order valence-corrected chi connectivity index (χ4v) is 1.80. The quantitative estimate of drug-likeness (QED) is 0.533. The molecule has 80 valence electrons. The molecule has 0 heterocycles. The van der Waals surface area contributed by atoms with Crippen LogP contribution < -0.4 is 10.6 Å². The molecule has 1 fully saturated rings. The summed E-state index contributed by atoms with van der Waals surface area (Å²) in [7, 11) is 0. The molecule has 6 heteroatoms. The lowest BCUT2D eigenvalue weighted by atomic mass is 9.91. The maximum absolute atomic E-state index is 10.3. The zero-order valence-corrected chi connectivity index (χ0v) is 7.69. The third-order valence-electron chi connectivity index (χ3n) is 2.33. The SMILES string of the molecule is O=C(O)N[C@H]1CCC[C@H](NC(=O)O)C1. The Hall–Kier alpha value is -1.46. The minimum Gasteiger partial charge on any atom is -0.465 e. The summed E-state index contributed by atoms with van der Waals surface area (Å²) in [6.45, 7) is 0. The van der Waals surface area contributed by atoms with Gasteiger partial charge in [0.05, 0.1) is 0 Å². The maximum atomic E-state index is 10.3. The van der Waals surface area contributed by atoms with Crippen molar-refractivity contribution in [3.63, 3.8) is 0 Å². The van der Waals surface area contributed by atoms with Crippen molar-refractivity contribution in [3.8, 4) is 0 Å². The van der Waals surface area contributed by atoms with Crippen LogP contribution in [0.15, 0.2) is 0 Å². The van der Waals surface area contributed by atoms with Crippen LogP contribution in [-0.4, -0.2) is 34.5 Å². The molecule has 4 N–H and O–H groups in total. The average Bonchev–Trinajstić information content (AvgIpc) is 2.01. The van der Waals surface area contributed by atoms with Crippen molar-refractivity contribution < 1.29 is 19.8 Å². The van der Waals surface area contributed by atoms with E-state index < -0.39 is 12.2 Å². The highest BCUT2D eigenvalue weighted by atomic mass is 16.4. The number of nitrogens with one attached hydrogen (secondary N) is 2. The third kappa shape index (κ3) is 3.51. The lowest BCUT2D eigenvalue weighted by Gasteiger charge is -2.28. The standard InChI is InChI=1S/C8H14N2O4/c11-7(12)9-5-2-1-3-6(4-5)10-8(13)14/h5-6,9-10H,1-4H2,(H,11,12)(H,13,14)/t5-,6-/m0/s1. The zero-order valence-electron chi connectivity index (χ0n) is 7.69. The minimum atomic E-state index is -1.05. The summed E-state index contributed by atoms with van der Waals surface area (Å²) in [5.74, 6) is 0. The Balaban J connectivity index is 2.35. The molecule has 0 radical (unpaired) electrons. The smallest absolute Gasteiger partial charge is 0.404 e. The lowest BCUT2D eigenvalue weighted by Crippen LogP contribution is -2.45. The van der Waals surface area contributed by atoms with E-state index in [1.54, 1.807) is 0 Å². The highest BCUT2D eigenvalue weighted by Gasteiger charge is 2.23. The van der Waals surface area contributed by atoms with E-state index in [0.29, 0.717) is 6.42 Å². The second-order valence-electron chi connectivity index (χ2n) is 3.46. The molecule has 2 amide bonds. The van der Waals surface area contributed by atoms with Gasteiger partial charge in [0, 0.05) is 12.1 Å².